The number of benzene rings is 1. The van der Waals surface area contributed by atoms with E-state index in [9.17, 15) is 9.59 Å². The zero-order valence-corrected chi connectivity index (χ0v) is 13.2. The van der Waals surface area contributed by atoms with E-state index in [0.717, 1.165) is 5.56 Å². The van der Waals surface area contributed by atoms with Gasteiger partial charge in [0.25, 0.3) is 0 Å². The molecule has 0 aromatic heterocycles. The smallest absolute Gasteiger partial charge is 0.310 e. The molecule has 0 aliphatic carbocycles. The fraction of sp³-hybridized carbons (Fsp3) is 0.529. The molecule has 4 nitrogen and oxygen atoms in total. The van der Waals surface area contributed by atoms with Crippen LogP contribution in [-0.2, 0) is 25.5 Å². The van der Waals surface area contributed by atoms with E-state index in [-0.39, 0.29) is 30.6 Å². The van der Waals surface area contributed by atoms with Crippen LogP contribution in [0.1, 0.15) is 39.7 Å². The molecule has 0 amide bonds. The number of carbonyl (C=O) groups is 2. The Morgan fingerprint density at radius 2 is 1.52 bits per heavy atom. The van der Waals surface area contributed by atoms with Crippen LogP contribution in [0.25, 0.3) is 0 Å². The van der Waals surface area contributed by atoms with Crippen molar-refractivity contribution in [2.75, 3.05) is 0 Å². The van der Waals surface area contributed by atoms with E-state index in [0.29, 0.717) is 6.42 Å². The predicted molar refractivity (Wildman–Crippen MR) is 80.7 cm³/mol. The van der Waals surface area contributed by atoms with Crippen molar-refractivity contribution < 1.29 is 19.1 Å². The van der Waals surface area contributed by atoms with Gasteiger partial charge in [-0.15, -0.1) is 0 Å². The van der Waals surface area contributed by atoms with Gasteiger partial charge in [0.2, 0.25) is 0 Å². The number of hydrogen-bond acceptors (Lipinski definition) is 4. The van der Waals surface area contributed by atoms with E-state index < -0.39 is 5.92 Å². The Labute approximate surface area is 126 Å². The Bertz CT molecular complexity index is 451. The van der Waals surface area contributed by atoms with Crippen molar-refractivity contribution in [1.29, 1.82) is 0 Å². The summed E-state index contributed by atoms with van der Waals surface area (Å²) in [5.74, 6) is -1.23. The number of ether oxygens (including phenoxy) is 2. The summed E-state index contributed by atoms with van der Waals surface area (Å²) in [6.45, 7) is 7.17. The van der Waals surface area contributed by atoms with Crippen molar-refractivity contribution in [1.82, 2.24) is 0 Å². The van der Waals surface area contributed by atoms with Crippen LogP contribution < -0.4 is 0 Å². The van der Waals surface area contributed by atoms with Gasteiger partial charge in [0.15, 0.2) is 0 Å². The molecule has 0 N–H and O–H groups in total. The molecule has 1 aromatic rings. The predicted octanol–water partition coefficient (Wildman–Crippen LogP) is 3.14. The van der Waals surface area contributed by atoms with E-state index in [1.54, 1.807) is 27.7 Å². The number of rotatable bonds is 7. The van der Waals surface area contributed by atoms with Crippen LogP contribution in [0.4, 0.5) is 0 Å². The van der Waals surface area contributed by atoms with Gasteiger partial charge < -0.3 is 9.47 Å². The maximum Gasteiger partial charge on any atom is 0.310 e. The van der Waals surface area contributed by atoms with E-state index >= 15 is 0 Å². The molecule has 1 atom stereocenters. The fourth-order valence-electron chi connectivity index (χ4n) is 1.98. The highest BCUT2D eigenvalue weighted by Gasteiger charge is 2.25. The van der Waals surface area contributed by atoms with E-state index in [4.69, 9.17) is 9.47 Å². The largest absolute Gasteiger partial charge is 0.463 e. The third-order valence-electron chi connectivity index (χ3n) is 2.79. The summed E-state index contributed by atoms with van der Waals surface area (Å²) in [5.41, 5.74) is 1.00. The lowest BCUT2D eigenvalue weighted by atomic mass is 9.96. The van der Waals surface area contributed by atoms with Gasteiger partial charge in [-0.2, -0.15) is 0 Å². The molecule has 0 saturated carbocycles. The first kappa shape index (κ1) is 17.2. The van der Waals surface area contributed by atoms with Crippen molar-refractivity contribution >= 4 is 11.9 Å². The van der Waals surface area contributed by atoms with Gasteiger partial charge in [0.1, 0.15) is 0 Å². The second kappa shape index (κ2) is 8.45. The maximum absolute atomic E-state index is 12.1. The van der Waals surface area contributed by atoms with Gasteiger partial charge in [-0.25, -0.2) is 0 Å². The minimum atomic E-state index is -0.513. The van der Waals surface area contributed by atoms with Crippen LogP contribution in [0.3, 0.4) is 0 Å². The summed E-state index contributed by atoms with van der Waals surface area (Å²) >= 11 is 0. The second-order valence-corrected chi connectivity index (χ2v) is 5.62. The third-order valence-corrected chi connectivity index (χ3v) is 2.79. The molecule has 0 aliphatic heterocycles. The van der Waals surface area contributed by atoms with Crippen molar-refractivity contribution in [3.63, 3.8) is 0 Å². The van der Waals surface area contributed by atoms with Gasteiger partial charge in [0, 0.05) is 0 Å². The molecule has 1 aromatic carbocycles. The zero-order valence-electron chi connectivity index (χ0n) is 13.2. The maximum atomic E-state index is 12.1. The summed E-state index contributed by atoms with van der Waals surface area (Å²) < 4.78 is 10.4. The van der Waals surface area contributed by atoms with Crippen molar-refractivity contribution in [2.24, 2.45) is 5.92 Å². The number of esters is 2. The van der Waals surface area contributed by atoms with Crippen LogP contribution in [-0.4, -0.2) is 24.1 Å². The summed E-state index contributed by atoms with van der Waals surface area (Å²) in [6, 6.07) is 9.60. The minimum absolute atomic E-state index is 0.0403. The minimum Gasteiger partial charge on any atom is -0.463 e. The van der Waals surface area contributed by atoms with Crippen molar-refractivity contribution in [2.45, 2.75) is 52.7 Å². The molecule has 1 unspecified atom stereocenters. The topological polar surface area (TPSA) is 52.6 Å². The first-order valence-electron chi connectivity index (χ1n) is 7.32. The third kappa shape index (κ3) is 6.93. The molecule has 0 aliphatic rings. The molecule has 116 valence electrons. The summed E-state index contributed by atoms with van der Waals surface area (Å²) in [4.78, 5) is 24.0. The highest BCUT2D eigenvalue weighted by molar-refractivity contribution is 5.80. The summed E-state index contributed by atoms with van der Waals surface area (Å²) in [6.07, 6.45) is 0.131. The molecular formula is C17H24O4. The van der Waals surface area contributed by atoms with E-state index in [1.165, 1.54) is 0 Å². The monoisotopic (exact) mass is 292 g/mol. The van der Waals surface area contributed by atoms with Crippen LogP contribution in [0.15, 0.2) is 30.3 Å². The average molecular weight is 292 g/mol. The summed E-state index contributed by atoms with van der Waals surface area (Å²) in [7, 11) is 0. The Morgan fingerprint density at radius 1 is 0.952 bits per heavy atom. The van der Waals surface area contributed by atoms with Crippen LogP contribution in [0.2, 0.25) is 0 Å². The Morgan fingerprint density at radius 3 is 2.05 bits per heavy atom. The van der Waals surface area contributed by atoms with Crippen LogP contribution in [0.5, 0.6) is 0 Å². The van der Waals surface area contributed by atoms with Gasteiger partial charge in [0.05, 0.1) is 24.5 Å². The lowest BCUT2D eigenvalue weighted by Gasteiger charge is -2.18. The molecule has 0 saturated heterocycles. The first-order valence-corrected chi connectivity index (χ1v) is 7.32. The first-order chi connectivity index (χ1) is 9.88. The lowest BCUT2D eigenvalue weighted by Crippen LogP contribution is -2.27. The Kier molecular flexibility index (Phi) is 6.92. The number of hydrogen-bond donors (Lipinski definition) is 0. The average Bonchev–Trinajstić information content (AvgIpc) is 2.37. The van der Waals surface area contributed by atoms with Gasteiger partial charge >= 0.3 is 11.9 Å². The molecule has 0 bridgehead atoms. The van der Waals surface area contributed by atoms with Crippen molar-refractivity contribution in [3.8, 4) is 0 Å². The quantitative estimate of drug-likeness (QED) is 0.724. The van der Waals surface area contributed by atoms with E-state index in [1.807, 2.05) is 30.3 Å². The van der Waals surface area contributed by atoms with Gasteiger partial charge in [-0.1, -0.05) is 30.3 Å². The Balaban J connectivity index is 2.74. The van der Waals surface area contributed by atoms with E-state index in [2.05, 4.69) is 0 Å². The van der Waals surface area contributed by atoms with Crippen LogP contribution in [0, 0.1) is 5.92 Å². The van der Waals surface area contributed by atoms with Crippen molar-refractivity contribution in [3.05, 3.63) is 35.9 Å². The fourth-order valence-corrected chi connectivity index (χ4v) is 1.98. The highest BCUT2D eigenvalue weighted by Crippen LogP contribution is 2.16. The molecule has 0 spiro atoms. The zero-order chi connectivity index (χ0) is 15.8. The van der Waals surface area contributed by atoms with Gasteiger partial charge in [-0.3, -0.25) is 9.59 Å². The summed E-state index contributed by atoms with van der Waals surface area (Å²) in [5, 5.41) is 0. The normalized spacial score (nSPS) is 12.3. The molecule has 0 heterocycles. The number of carbonyl (C=O) groups excluding carboxylic acids is 2. The lowest BCUT2D eigenvalue weighted by molar-refractivity contribution is -0.159. The second-order valence-electron chi connectivity index (χ2n) is 5.62. The molecule has 1 rings (SSSR count). The SMILES string of the molecule is CC(C)OC(=O)CC(Cc1ccccc1)C(=O)OC(C)C. The molecule has 0 fully saturated rings. The standard InChI is InChI=1S/C17H24O4/c1-12(2)20-16(18)11-15(17(19)21-13(3)4)10-14-8-6-5-7-9-14/h5-9,12-13,15H,10-11H2,1-4H3. The molecular weight excluding hydrogens is 268 g/mol. The van der Waals surface area contributed by atoms with Gasteiger partial charge in [-0.05, 0) is 39.7 Å². The Hall–Kier alpha value is -1.84. The molecule has 21 heavy (non-hydrogen) atoms. The highest BCUT2D eigenvalue weighted by atomic mass is 16.5. The molecule has 0 radical (unpaired) electrons. The van der Waals surface area contributed by atoms with Crippen LogP contribution >= 0.6 is 0 Å². The molecule has 4 heteroatoms.